The lowest BCUT2D eigenvalue weighted by molar-refractivity contribution is -0.143. The van der Waals surface area contributed by atoms with Crippen LogP contribution in [0.25, 0.3) is 0 Å². The van der Waals surface area contributed by atoms with Crippen LogP contribution in [0.4, 0.5) is 0 Å². The predicted molar refractivity (Wildman–Crippen MR) is 85.3 cm³/mol. The van der Waals surface area contributed by atoms with Gasteiger partial charge in [-0.25, -0.2) is 0 Å². The lowest BCUT2D eigenvalue weighted by Crippen LogP contribution is -2.40. The van der Waals surface area contributed by atoms with E-state index in [1.807, 2.05) is 11.6 Å². The SMILES string of the molecule is Cc1c(C(=O)N2CCC(C(=O)O)CC2)cnn1C1CCCCC1. The first-order valence-corrected chi connectivity index (χ1v) is 8.64. The maximum absolute atomic E-state index is 12.7. The van der Waals surface area contributed by atoms with Crippen molar-refractivity contribution in [2.75, 3.05) is 13.1 Å². The number of likely N-dealkylation sites (tertiary alicyclic amines) is 1. The van der Waals surface area contributed by atoms with E-state index < -0.39 is 5.97 Å². The third-order valence-corrected chi connectivity index (χ3v) is 5.33. The number of hydrogen-bond acceptors (Lipinski definition) is 3. The number of carbonyl (C=O) groups excluding carboxylic acids is 1. The fourth-order valence-corrected chi connectivity index (χ4v) is 3.83. The van der Waals surface area contributed by atoms with Crippen molar-refractivity contribution >= 4 is 11.9 Å². The van der Waals surface area contributed by atoms with Gasteiger partial charge in [0.05, 0.1) is 23.7 Å². The molecular formula is C17H25N3O3. The lowest BCUT2D eigenvalue weighted by Gasteiger charge is -2.30. The fourth-order valence-electron chi connectivity index (χ4n) is 3.83. The number of rotatable bonds is 3. The minimum atomic E-state index is -0.751. The molecule has 1 amide bonds. The molecule has 1 saturated carbocycles. The van der Waals surface area contributed by atoms with Crippen LogP contribution in [-0.2, 0) is 4.79 Å². The number of aromatic nitrogens is 2. The summed E-state index contributed by atoms with van der Waals surface area (Å²) in [6, 6.07) is 0.419. The molecule has 6 nitrogen and oxygen atoms in total. The van der Waals surface area contributed by atoms with Gasteiger partial charge in [-0.05, 0) is 32.6 Å². The van der Waals surface area contributed by atoms with Crippen LogP contribution in [0.5, 0.6) is 0 Å². The number of piperidine rings is 1. The Kier molecular flexibility index (Phi) is 4.68. The van der Waals surface area contributed by atoms with Crippen molar-refractivity contribution in [3.63, 3.8) is 0 Å². The first-order chi connectivity index (χ1) is 11.1. The normalized spacial score (nSPS) is 20.7. The Morgan fingerprint density at radius 1 is 1.13 bits per heavy atom. The van der Waals surface area contributed by atoms with E-state index in [4.69, 9.17) is 5.11 Å². The number of carboxylic acids is 1. The Balaban J connectivity index is 1.68. The van der Waals surface area contributed by atoms with Gasteiger partial charge in [-0.1, -0.05) is 19.3 Å². The second-order valence-electron chi connectivity index (χ2n) is 6.78. The van der Waals surface area contributed by atoms with Crippen LogP contribution in [0.3, 0.4) is 0 Å². The standard InChI is InChI=1S/C17H25N3O3/c1-12-15(11-18-20(12)14-5-3-2-4-6-14)16(21)19-9-7-13(8-10-19)17(22)23/h11,13-14H,2-10H2,1H3,(H,22,23). The van der Waals surface area contributed by atoms with E-state index >= 15 is 0 Å². The van der Waals surface area contributed by atoms with E-state index in [2.05, 4.69) is 5.10 Å². The molecular weight excluding hydrogens is 294 g/mol. The molecule has 2 aliphatic rings. The molecule has 1 aliphatic carbocycles. The summed E-state index contributed by atoms with van der Waals surface area (Å²) in [5.41, 5.74) is 1.62. The van der Waals surface area contributed by atoms with E-state index in [9.17, 15) is 9.59 Å². The van der Waals surface area contributed by atoms with E-state index in [1.54, 1.807) is 11.1 Å². The summed E-state index contributed by atoms with van der Waals surface area (Å²) in [5.74, 6) is -1.07. The third-order valence-electron chi connectivity index (χ3n) is 5.33. The Morgan fingerprint density at radius 3 is 2.39 bits per heavy atom. The second-order valence-corrected chi connectivity index (χ2v) is 6.78. The van der Waals surface area contributed by atoms with E-state index in [1.165, 1.54) is 19.3 Å². The van der Waals surface area contributed by atoms with Crippen LogP contribution in [0.1, 0.15) is 67.0 Å². The number of carboxylic acid groups (broad SMARTS) is 1. The van der Waals surface area contributed by atoms with Gasteiger partial charge >= 0.3 is 5.97 Å². The topological polar surface area (TPSA) is 75.4 Å². The van der Waals surface area contributed by atoms with Gasteiger partial charge in [-0.3, -0.25) is 14.3 Å². The third kappa shape index (κ3) is 3.26. The molecule has 1 aliphatic heterocycles. The molecule has 126 valence electrons. The molecule has 0 radical (unpaired) electrons. The summed E-state index contributed by atoms with van der Waals surface area (Å²) in [7, 11) is 0. The van der Waals surface area contributed by atoms with Crippen molar-refractivity contribution in [1.29, 1.82) is 0 Å². The quantitative estimate of drug-likeness (QED) is 0.929. The number of carbonyl (C=O) groups is 2. The predicted octanol–water partition coefficient (Wildman–Crippen LogP) is 2.63. The highest BCUT2D eigenvalue weighted by Gasteiger charge is 2.29. The Morgan fingerprint density at radius 2 is 1.78 bits per heavy atom. The molecule has 3 rings (SSSR count). The summed E-state index contributed by atoms with van der Waals surface area (Å²) in [5, 5.41) is 13.5. The van der Waals surface area contributed by atoms with Crippen molar-refractivity contribution < 1.29 is 14.7 Å². The van der Waals surface area contributed by atoms with E-state index in [0.29, 0.717) is 37.5 Å². The molecule has 1 saturated heterocycles. The molecule has 0 atom stereocenters. The van der Waals surface area contributed by atoms with Crippen LogP contribution < -0.4 is 0 Å². The van der Waals surface area contributed by atoms with Crippen LogP contribution in [0.2, 0.25) is 0 Å². The van der Waals surface area contributed by atoms with Crippen LogP contribution in [-0.4, -0.2) is 44.8 Å². The van der Waals surface area contributed by atoms with Gasteiger partial charge in [0.2, 0.25) is 0 Å². The molecule has 0 bridgehead atoms. The van der Waals surface area contributed by atoms with E-state index in [0.717, 1.165) is 18.5 Å². The average Bonchev–Trinajstić information content (AvgIpc) is 2.96. The first-order valence-electron chi connectivity index (χ1n) is 8.64. The largest absolute Gasteiger partial charge is 0.481 e. The molecule has 2 fully saturated rings. The number of aliphatic carboxylic acids is 1. The van der Waals surface area contributed by atoms with Gasteiger partial charge in [0, 0.05) is 18.8 Å². The zero-order chi connectivity index (χ0) is 16.4. The summed E-state index contributed by atoms with van der Waals surface area (Å²) >= 11 is 0. The first kappa shape index (κ1) is 16.0. The Hall–Kier alpha value is -1.85. The van der Waals surface area contributed by atoms with Gasteiger partial charge in [0.15, 0.2) is 0 Å². The van der Waals surface area contributed by atoms with Crippen LogP contribution >= 0.6 is 0 Å². The molecule has 23 heavy (non-hydrogen) atoms. The highest BCUT2D eigenvalue weighted by atomic mass is 16.4. The molecule has 1 aromatic rings. The Bertz CT molecular complexity index is 582. The maximum Gasteiger partial charge on any atom is 0.306 e. The van der Waals surface area contributed by atoms with Gasteiger partial charge in [-0.15, -0.1) is 0 Å². The van der Waals surface area contributed by atoms with Crippen molar-refractivity contribution in [3.05, 3.63) is 17.5 Å². The highest BCUT2D eigenvalue weighted by Crippen LogP contribution is 2.29. The Labute approximate surface area is 136 Å². The summed E-state index contributed by atoms with van der Waals surface area (Å²) in [6.45, 7) is 3.01. The molecule has 1 aromatic heterocycles. The number of amides is 1. The van der Waals surface area contributed by atoms with Crippen molar-refractivity contribution in [2.24, 2.45) is 5.92 Å². The summed E-state index contributed by atoms with van der Waals surface area (Å²) < 4.78 is 2.02. The van der Waals surface area contributed by atoms with E-state index in [-0.39, 0.29) is 11.8 Å². The molecule has 6 heteroatoms. The highest BCUT2D eigenvalue weighted by molar-refractivity contribution is 5.95. The molecule has 2 heterocycles. The fraction of sp³-hybridized carbons (Fsp3) is 0.706. The zero-order valence-corrected chi connectivity index (χ0v) is 13.7. The average molecular weight is 319 g/mol. The van der Waals surface area contributed by atoms with Gasteiger partial charge in [0.25, 0.3) is 5.91 Å². The number of hydrogen-bond donors (Lipinski definition) is 1. The monoisotopic (exact) mass is 319 g/mol. The minimum Gasteiger partial charge on any atom is -0.481 e. The van der Waals surface area contributed by atoms with Crippen molar-refractivity contribution in [2.45, 2.75) is 57.9 Å². The second kappa shape index (κ2) is 6.72. The maximum atomic E-state index is 12.7. The number of nitrogens with zero attached hydrogens (tertiary/aromatic N) is 3. The van der Waals surface area contributed by atoms with Crippen molar-refractivity contribution in [3.8, 4) is 0 Å². The van der Waals surface area contributed by atoms with Crippen LogP contribution in [0, 0.1) is 12.8 Å². The van der Waals surface area contributed by atoms with Crippen LogP contribution in [0.15, 0.2) is 6.20 Å². The minimum absolute atomic E-state index is 0.00611. The zero-order valence-electron chi connectivity index (χ0n) is 13.7. The lowest BCUT2D eigenvalue weighted by atomic mass is 9.95. The summed E-state index contributed by atoms with van der Waals surface area (Å²) in [4.78, 5) is 25.5. The van der Waals surface area contributed by atoms with Gasteiger partial charge in [0.1, 0.15) is 0 Å². The van der Waals surface area contributed by atoms with Gasteiger partial charge < -0.3 is 10.0 Å². The molecule has 0 aromatic carbocycles. The smallest absolute Gasteiger partial charge is 0.306 e. The molecule has 0 unspecified atom stereocenters. The van der Waals surface area contributed by atoms with Gasteiger partial charge in [-0.2, -0.15) is 5.10 Å². The van der Waals surface area contributed by atoms with Crippen molar-refractivity contribution in [1.82, 2.24) is 14.7 Å². The molecule has 0 spiro atoms. The summed E-state index contributed by atoms with van der Waals surface area (Å²) in [6.07, 6.45) is 8.80. The molecule has 1 N–H and O–H groups in total.